The van der Waals surface area contributed by atoms with Crippen LogP contribution in [0.5, 0.6) is 11.5 Å². The van der Waals surface area contributed by atoms with E-state index in [4.69, 9.17) is 0 Å². The lowest BCUT2D eigenvalue weighted by molar-refractivity contribution is 0.451. The number of hydrogen-bond acceptors (Lipinski definition) is 5. The summed E-state index contributed by atoms with van der Waals surface area (Å²) in [5.74, 6) is -0.0757. The second-order valence-corrected chi connectivity index (χ2v) is 7.82. The number of hydrogen-bond donors (Lipinski definition) is 2. The minimum atomic E-state index is -0.0625. The zero-order valence-corrected chi connectivity index (χ0v) is 17.4. The van der Waals surface area contributed by atoms with Gasteiger partial charge >= 0.3 is 0 Å². The van der Waals surface area contributed by atoms with E-state index in [1.807, 2.05) is 27.7 Å². The van der Waals surface area contributed by atoms with Gasteiger partial charge in [-0.2, -0.15) is 0 Å². The van der Waals surface area contributed by atoms with Crippen LogP contribution in [0.3, 0.4) is 0 Å². The Morgan fingerprint density at radius 3 is 1.70 bits per heavy atom. The van der Waals surface area contributed by atoms with E-state index >= 15 is 0 Å². The lowest BCUT2D eigenvalue weighted by Gasteiger charge is -2.15. The third-order valence-corrected chi connectivity index (χ3v) is 5.00. The molecule has 0 fully saturated rings. The number of aryl methyl sites for hydroxylation is 4. The summed E-state index contributed by atoms with van der Waals surface area (Å²) >= 11 is 0. The summed E-state index contributed by atoms with van der Waals surface area (Å²) in [7, 11) is 0. The second-order valence-electron chi connectivity index (χ2n) is 7.82. The van der Waals surface area contributed by atoms with Crippen LogP contribution >= 0.6 is 0 Å². The third kappa shape index (κ3) is 3.74. The Hall–Kier alpha value is -3.73. The minimum Gasteiger partial charge on any atom is -0.508 e. The molecule has 0 radical (unpaired) electrons. The molecule has 150 valence electrons. The summed E-state index contributed by atoms with van der Waals surface area (Å²) in [6.45, 7) is 8.20. The van der Waals surface area contributed by atoms with Crippen molar-refractivity contribution in [2.45, 2.75) is 27.7 Å². The molecule has 4 aromatic rings. The average Bonchev–Trinajstić information content (AvgIpc) is 2.66. The predicted octanol–water partition coefficient (Wildman–Crippen LogP) is 5.52. The van der Waals surface area contributed by atoms with Crippen molar-refractivity contribution < 1.29 is 10.2 Å². The number of benzene rings is 3. The number of phenolic OH excluding ortho intramolecular Hbond substituents is 2. The molecule has 0 aliphatic rings. The molecule has 3 aromatic carbocycles. The van der Waals surface area contributed by atoms with Gasteiger partial charge in [-0.15, -0.1) is 10.2 Å². The maximum Gasteiger partial charge on any atom is 0.128 e. The van der Waals surface area contributed by atoms with Crippen LogP contribution in [0.15, 0.2) is 54.6 Å². The summed E-state index contributed by atoms with van der Waals surface area (Å²) in [5.41, 5.74) is 8.88. The molecule has 0 saturated heterocycles. The van der Waals surface area contributed by atoms with Gasteiger partial charge in [-0.25, -0.2) is 0 Å². The van der Waals surface area contributed by atoms with E-state index in [0.29, 0.717) is 17.0 Å². The largest absolute Gasteiger partial charge is 0.508 e. The Labute approximate surface area is 175 Å². The first-order valence-corrected chi connectivity index (χ1v) is 9.75. The van der Waals surface area contributed by atoms with E-state index in [1.165, 1.54) is 12.1 Å². The quantitative estimate of drug-likeness (QED) is 0.476. The van der Waals surface area contributed by atoms with Gasteiger partial charge in [-0.05, 0) is 62.7 Å². The van der Waals surface area contributed by atoms with Gasteiger partial charge in [0.2, 0.25) is 0 Å². The van der Waals surface area contributed by atoms with Crippen molar-refractivity contribution in [3.8, 4) is 45.1 Å². The van der Waals surface area contributed by atoms with E-state index in [9.17, 15) is 10.2 Å². The van der Waals surface area contributed by atoms with Crippen LogP contribution in [-0.4, -0.2) is 25.6 Å². The van der Waals surface area contributed by atoms with Crippen LogP contribution in [0.2, 0.25) is 0 Å². The molecule has 0 spiro atoms. The highest BCUT2D eigenvalue weighted by atomic mass is 16.3. The summed E-state index contributed by atoms with van der Waals surface area (Å²) in [6.07, 6.45) is 0. The molecule has 0 saturated carbocycles. The summed E-state index contributed by atoms with van der Waals surface area (Å²) in [6, 6.07) is 17.0. The minimum absolute atomic E-state index is 0.0132. The lowest BCUT2D eigenvalue weighted by Crippen LogP contribution is -2.01. The SMILES string of the molecule is Cc1cc(C)cc(-c2nnnc(-c3ccc(O)cc3O)c2-c2cc(C)cc(C)c2)c1. The maximum absolute atomic E-state index is 10.5. The van der Waals surface area contributed by atoms with Crippen molar-refractivity contribution in [2.24, 2.45) is 0 Å². The number of phenols is 2. The Balaban J connectivity index is 2.09. The fraction of sp³-hybridized carbons (Fsp3) is 0.160. The molecule has 1 heterocycles. The molecule has 0 bridgehead atoms. The average molecular weight is 397 g/mol. The summed E-state index contributed by atoms with van der Waals surface area (Å²) in [5, 5.41) is 33.0. The Morgan fingerprint density at radius 2 is 1.13 bits per heavy atom. The molecule has 4 rings (SSSR count). The van der Waals surface area contributed by atoms with Gasteiger partial charge in [-0.3, -0.25) is 0 Å². The Morgan fingerprint density at radius 1 is 0.600 bits per heavy atom. The molecule has 2 N–H and O–H groups in total. The number of rotatable bonds is 3. The lowest BCUT2D eigenvalue weighted by atomic mass is 9.92. The zero-order chi connectivity index (χ0) is 21.4. The second kappa shape index (κ2) is 7.59. The summed E-state index contributed by atoms with van der Waals surface area (Å²) < 4.78 is 0. The molecule has 5 heteroatoms. The van der Waals surface area contributed by atoms with Crippen molar-refractivity contribution in [3.63, 3.8) is 0 Å². The van der Waals surface area contributed by atoms with Crippen molar-refractivity contribution in [3.05, 3.63) is 76.9 Å². The molecule has 30 heavy (non-hydrogen) atoms. The van der Waals surface area contributed by atoms with Gasteiger partial charge in [0, 0.05) is 22.8 Å². The van der Waals surface area contributed by atoms with Gasteiger partial charge in [0.1, 0.15) is 22.9 Å². The topological polar surface area (TPSA) is 79.1 Å². The molecule has 0 aliphatic carbocycles. The first-order valence-electron chi connectivity index (χ1n) is 9.75. The van der Waals surface area contributed by atoms with Gasteiger partial charge < -0.3 is 10.2 Å². The molecule has 0 aliphatic heterocycles. The fourth-order valence-corrected chi connectivity index (χ4v) is 3.94. The molecular formula is C25H23N3O2. The van der Waals surface area contributed by atoms with Crippen LogP contribution in [0.4, 0.5) is 0 Å². The smallest absolute Gasteiger partial charge is 0.128 e. The van der Waals surface area contributed by atoms with E-state index in [1.54, 1.807) is 6.07 Å². The Bertz CT molecular complexity index is 1220. The van der Waals surface area contributed by atoms with Crippen LogP contribution < -0.4 is 0 Å². The molecule has 1 aromatic heterocycles. The van der Waals surface area contributed by atoms with Crippen LogP contribution in [0.1, 0.15) is 22.3 Å². The van der Waals surface area contributed by atoms with Crippen molar-refractivity contribution >= 4 is 0 Å². The highest BCUT2D eigenvalue weighted by molar-refractivity contribution is 5.92. The number of aromatic nitrogens is 3. The molecule has 0 unspecified atom stereocenters. The third-order valence-electron chi connectivity index (χ3n) is 5.00. The first kappa shape index (κ1) is 19.6. The van der Waals surface area contributed by atoms with E-state index < -0.39 is 0 Å². The van der Waals surface area contributed by atoms with Gasteiger partial charge in [0.15, 0.2) is 0 Å². The number of nitrogens with zero attached hydrogens (tertiary/aromatic N) is 3. The standard InChI is InChI=1S/C25H23N3O2/c1-14-7-15(2)10-18(9-14)23-24(19-11-16(3)8-17(4)12-19)26-28-27-25(23)21-6-5-20(29)13-22(21)30/h5-13,29-30H,1-4H3. The normalized spacial score (nSPS) is 10.9. The number of aromatic hydroxyl groups is 2. The molecular weight excluding hydrogens is 374 g/mol. The highest BCUT2D eigenvalue weighted by Crippen LogP contribution is 2.41. The van der Waals surface area contributed by atoms with Crippen LogP contribution in [-0.2, 0) is 0 Å². The highest BCUT2D eigenvalue weighted by Gasteiger charge is 2.21. The van der Waals surface area contributed by atoms with E-state index in [-0.39, 0.29) is 11.5 Å². The van der Waals surface area contributed by atoms with Crippen LogP contribution in [0.25, 0.3) is 33.6 Å². The van der Waals surface area contributed by atoms with Gasteiger partial charge in [0.25, 0.3) is 0 Å². The van der Waals surface area contributed by atoms with Gasteiger partial charge in [0.05, 0.1) is 0 Å². The maximum atomic E-state index is 10.5. The first-order chi connectivity index (χ1) is 14.3. The van der Waals surface area contributed by atoms with E-state index in [2.05, 4.69) is 51.8 Å². The fourth-order valence-electron chi connectivity index (χ4n) is 3.94. The van der Waals surface area contributed by atoms with Crippen molar-refractivity contribution in [2.75, 3.05) is 0 Å². The molecule has 0 amide bonds. The molecule has 0 atom stereocenters. The predicted molar refractivity (Wildman–Crippen MR) is 118 cm³/mol. The van der Waals surface area contributed by atoms with Gasteiger partial charge in [-0.1, -0.05) is 46.5 Å². The molecule has 5 nitrogen and oxygen atoms in total. The zero-order valence-electron chi connectivity index (χ0n) is 17.4. The van der Waals surface area contributed by atoms with Crippen molar-refractivity contribution in [1.82, 2.24) is 15.4 Å². The van der Waals surface area contributed by atoms with Crippen LogP contribution in [0, 0.1) is 27.7 Å². The Kier molecular flexibility index (Phi) is 4.96. The van der Waals surface area contributed by atoms with Crippen molar-refractivity contribution in [1.29, 1.82) is 0 Å². The summed E-state index contributed by atoms with van der Waals surface area (Å²) in [4.78, 5) is 0. The van der Waals surface area contributed by atoms with E-state index in [0.717, 1.165) is 38.9 Å². The monoisotopic (exact) mass is 397 g/mol.